The van der Waals surface area contributed by atoms with Crippen LogP contribution in [0.4, 0.5) is 0 Å². The number of aliphatic hydroxyl groups is 2. The molecule has 0 aliphatic heterocycles. The summed E-state index contributed by atoms with van der Waals surface area (Å²) in [6, 6.07) is 15.8. The van der Waals surface area contributed by atoms with Crippen molar-refractivity contribution in [2.45, 2.75) is 58.3 Å². The third kappa shape index (κ3) is 9.08. The number of benzene rings is 2. The van der Waals surface area contributed by atoms with E-state index in [1.54, 1.807) is 6.92 Å². The third-order valence-corrected chi connectivity index (χ3v) is 5.18. The van der Waals surface area contributed by atoms with Crippen molar-refractivity contribution in [3.05, 3.63) is 72.0 Å². The SMILES string of the molecule is C=C(C)OCC(O)COc1ccc(C(C)(C)c2ccc(OCC(O)COC(C)C)cc2)cc1. The largest absolute Gasteiger partial charge is 0.496 e. The van der Waals surface area contributed by atoms with E-state index in [1.807, 2.05) is 62.4 Å². The normalized spacial score (nSPS) is 13.5. The van der Waals surface area contributed by atoms with Crippen LogP contribution in [-0.2, 0) is 14.9 Å². The summed E-state index contributed by atoms with van der Waals surface area (Å²) in [6.45, 7) is 14.3. The summed E-state index contributed by atoms with van der Waals surface area (Å²) < 4.78 is 22.0. The Morgan fingerprint density at radius 1 is 0.788 bits per heavy atom. The predicted octanol–water partition coefficient (Wildman–Crippen LogP) is 4.47. The zero-order valence-corrected chi connectivity index (χ0v) is 20.4. The fourth-order valence-electron chi connectivity index (χ4n) is 3.13. The van der Waals surface area contributed by atoms with Crippen molar-refractivity contribution in [3.8, 4) is 11.5 Å². The maximum atomic E-state index is 9.95. The summed E-state index contributed by atoms with van der Waals surface area (Å²) in [7, 11) is 0. The molecular formula is C27H38O6. The summed E-state index contributed by atoms with van der Waals surface area (Å²) in [5, 5.41) is 19.9. The fraction of sp³-hybridized carbons (Fsp3) is 0.481. The molecule has 2 rings (SSSR count). The lowest BCUT2D eigenvalue weighted by Gasteiger charge is -2.26. The van der Waals surface area contributed by atoms with Gasteiger partial charge in [0.1, 0.15) is 43.5 Å². The monoisotopic (exact) mass is 458 g/mol. The van der Waals surface area contributed by atoms with Gasteiger partial charge in [0.05, 0.1) is 18.5 Å². The number of aliphatic hydroxyl groups excluding tert-OH is 2. The molecule has 182 valence electrons. The van der Waals surface area contributed by atoms with Crippen molar-refractivity contribution in [2.75, 3.05) is 26.4 Å². The molecule has 0 fully saturated rings. The lowest BCUT2D eigenvalue weighted by Crippen LogP contribution is -2.25. The molecule has 0 spiro atoms. The molecule has 0 amide bonds. The molecular weight excluding hydrogens is 420 g/mol. The first-order valence-corrected chi connectivity index (χ1v) is 11.3. The van der Waals surface area contributed by atoms with Gasteiger partial charge in [0.15, 0.2) is 0 Å². The summed E-state index contributed by atoms with van der Waals surface area (Å²) in [5.41, 5.74) is 2.05. The number of hydrogen-bond acceptors (Lipinski definition) is 6. The molecule has 0 aromatic heterocycles. The van der Waals surface area contributed by atoms with Crippen molar-refractivity contribution < 1.29 is 29.2 Å². The Hall–Kier alpha value is -2.54. The quantitative estimate of drug-likeness (QED) is 0.407. The van der Waals surface area contributed by atoms with E-state index in [0.717, 1.165) is 11.1 Å². The Morgan fingerprint density at radius 2 is 1.21 bits per heavy atom. The van der Waals surface area contributed by atoms with Gasteiger partial charge >= 0.3 is 0 Å². The predicted molar refractivity (Wildman–Crippen MR) is 130 cm³/mol. The van der Waals surface area contributed by atoms with Gasteiger partial charge in [-0.25, -0.2) is 0 Å². The van der Waals surface area contributed by atoms with Crippen molar-refractivity contribution in [1.82, 2.24) is 0 Å². The Kier molecular flexibility index (Phi) is 10.2. The lowest BCUT2D eigenvalue weighted by molar-refractivity contribution is -0.0122. The molecule has 2 aromatic carbocycles. The van der Waals surface area contributed by atoms with Gasteiger partial charge in [0, 0.05) is 5.41 Å². The number of hydrogen-bond donors (Lipinski definition) is 2. The molecule has 2 aromatic rings. The van der Waals surface area contributed by atoms with Gasteiger partial charge in [-0.1, -0.05) is 44.7 Å². The van der Waals surface area contributed by atoms with Gasteiger partial charge < -0.3 is 29.2 Å². The van der Waals surface area contributed by atoms with Crippen LogP contribution in [0.15, 0.2) is 60.9 Å². The Balaban J connectivity index is 1.91. The van der Waals surface area contributed by atoms with E-state index in [1.165, 1.54) is 0 Å². The second kappa shape index (κ2) is 12.6. The molecule has 0 bridgehead atoms. The zero-order chi connectivity index (χ0) is 24.4. The minimum atomic E-state index is -0.720. The van der Waals surface area contributed by atoms with E-state index in [-0.39, 0.29) is 37.9 Å². The highest BCUT2D eigenvalue weighted by molar-refractivity contribution is 5.41. The van der Waals surface area contributed by atoms with Crippen LogP contribution in [0.3, 0.4) is 0 Å². The van der Waals surface area contributed by atoms with E-state index in [2.05, 4.69) is 20.4 Å². The second-order valence-corrected chi connectivity index (χ2v) is 9.00. The van der Waals surface area contributed by atoms with Gasteiger partial charge in [-0.2, -0.15) is 0 Å². The first-order valence-electron chi connectivity index (χ1n) is 11.3. The van der Waals surface area contributed by atoms with Gasteiger partial charge in [0.2, 0.25) is 0 Å². The van der Waals surface area contributed by atoms with E-state index in [4.69, 9.17) is 18.9 Å². The molecule has 2 unspecified atom stereocenters. The molecule has 33 heavy (non-hydrogen) atoms. The van der Waals surface area contributed by atoms with Gasteiger partial charge in [-0.15, -0.1) is 0 Å². The van der Waals surface area contributed by atoms with Crippen LogP contribution < -0.4 is 9.47 Å². The van der Waals surface area contributed by atoms with Crippen molar-refractivity contribution in [2.24, 2.45) is 0 Å². The minimum absolute atomic E-state index is 0.0784. The highest BCUT2D eigenvalue weighted by atomic mass is 16.5. The van der Waals surface area contributed by atoms with E-state index in [0.29, 0.717) is 17.3 Å². The molecule has 0 aliphatic carbocycles. The average Bonchev–Trinajstić information content (AvgIpc) is 2.79. The third-order valence-electron chi connectivity index (χ3n) is 5.18. The van der Waals surface area contributed by atoms with Crippen LogP contribution in [0.2, 0.25) is 0 Å². The fourth-order valence-corrected chi connectivity index (χ4v) is 3.13. The van der Waals surface area contributed by atoms with Crippen LogP contribution >= 0.6 is 0 Å². The van der Waals surface area contributed by atoms with Crippen molar-refractivity contribution in [3.63, 3.8) is 0 Å². The van der Waals surface area contributed by atoms with Crippen LogP contribution in [0.5, 0.6) is 11.5 Å². The molecule has 6 heteroatoms. The second-order valence-electron chi connectivity index (χ2n) is 9.00. The molecule has 0 radical (unpaired) electrons. The molecule has 0 saturated carbocycles. The minimum Gasteiger partial charge on any atom is -0.496 e. The van der Waals surface area contributed by atoms with Crippen LogP contribution in [0, 0.1) is 0 Å². The van der Waals surface area contributed by atoms with Crippen LogP contribution in [-0.4, -0.2) is 55.0 Å². The van der Waals surface area contributed by atoms with Crippen molar-refractivity contribution in [1.29, 1.82) is 0 Å². The Labute approximate surface area is 197 Å². The smallest absolute Gasteiger partial charge is 0.122 e. The molecule has 2 atom stereocenters. The maximum Gasteiger partial charge on any atom is 0.122 e. The summed E-state index contributed by atoms with van der Waals surface area (Å²) >= 11 is 0. The van der Waals surface area contributed by atoms with Gasteiger partial charge in [0.25, 0.3) is 0 Å². The zero-order valence-electron chi connectivity index (χ0n) is 20.4. The Morgan fingerprint density at radius 3 is 1.61 bits per heavy atom. The lowest BCUT2D eigenvalue weighted by atomic mass is 9.78. The van der Waals surface area contributed by atoms with Crippen LogP contribution in [0.1, 0.15) is 45.7 Å². The number of ether oxygens (including phenoxy) is 4. The number of allylic oxidation sites excluding steroid dienone is 1. The Bertz CT molecular complexity index is 842. The van der Waals surface area contributed by atoms with Gasteiger partial charge in [-0.05, 0) is 56.2 Å². The molecule has 2 N–H and O–H groups in total. The van der Waals surface area contributed by atoms with Crippen LogP contribution in [0.25, 0.3) is 0 Å². The first kappa shape index (κ1) is 26.7. The summed E-state index contributed by atoms with van der Waals surface area (Å²) in [5.74, 6) is 1.96. The van der Waals surface area contributed by atoms with Crippen molar-refractivity contribution >= 4 is 0 Å². The highest BCUT2D eigenvalue weighted by Crippen LogP contribution is 2.33. The standard InChI is InChI=1S/C27H38O6/c1-19(2)30-15-23(28)17-32-25-11-7-21(8-12-25)27(5,6)22-9-13-26(14-10-22)33-18-24(29)16-31-20(3)4/h7-14,20,23-24,28-29H,1,15-18H2,2-6H3. The van der Waals surface area contributed by atoms with Gasteiger partial charge in [-0.3, -0.25) is 0 Å². The first-order chi connectivity index (χ1) is 15.6. The highest BCUT2D eigenvalue weighted by Gasteiger charge is 2.23. The molecule has 0 saturated heterocycles. The molecule has 0 aliphatic rings. The molecule has 6 nitrogen and oxygen atoms in total. The average molecular weight is 459 g/mol. The number of rotatable bonds is 14. The van der Waals surface area contributed by atoms with E-state index >= 15 is 0 Å². The maximum absolute atomic E-state index is 9.95. The topological polar surface area (TPSA) is 77.4 Å². The molecule has 0 heterocycles. The summed E-state index contributed by atoms with van der Waals surface area (Å²) in [4.78, 5) is 0. The van der Waals surface area contributed by atoms with E-state index in [9.17, 15) is 10.2 Å². The van der Waals surface area contributed by atoms with E-state index < -0.39 is 12.2 Å². The summed E-state index contributed by atoms with van der Waals surface area (Å²) in [6.07, 6.45) is -1.30.